The lowest BCUT2D eigenvalue weighted by molar-refractivity contribution is 0.0159. The number of hydrogen-bond donors (Lipinski definition) is 1. The molecule has 4 nitrogen and oxygen atoms in total. The van der Waals surface area contributed by atoms with E-state index in [1.54, 1.807) is 11.3 Å². The van der Waals surface area contributed by atoms with Crippen LogP contribution in [0.25, 0.3) is 10.9 Å². The van der Waals surface area contributed by atoms with E-state index >= 15 is 0 Å². The molecule has 3 heterocycles. The number of nitrogens with zero attached hydrogens (tertiary/aromatic N) is 2. The van der Waals surface area contributed by atoms with Gasteiger partial charge >= 0.3 is 0 Å². The van der Waals surface area contributed by atoms with Crippen LogP contribution >= 0.6 is 22.9 Å². The number of aromatic nitrogens is 1. The summed E-state index contributed by atoms with van der Waals surface area (Å²) >= 11 is 8.14. The van der Waals surface area contributed by atoms with Gasteiger partial charge in [-0.3, -0.25) is 9.69 Å². The summed E-state index contributed by atoms with van der Waals surface area (Å²) in [6.45, 7) is 7.62. The molecule has 0 bridgehead atoms. The first-order chi connectivity index (χ1) is 12.4. The second-order valence-electron chi connectivity index (χ2n) is 7.51. The molecular formula is C20H22ClN3OS. The lowest BCUT2D eigenvalue weighted by atomic mass is 9.96. The van der Waals surface area contributed by atoms with E-state index in [1.807, 2.05) is 29.3 Å². The predicted molar refractivity (Wildman–Crippen MR) is 108 cm³/mol. The Labute approximate surface area is 162 Å². The van der Waals surface area contributed by atoms with Gasteiger partial charge in [0.2, 0.25) is 0 Å². The number of amides is 1. The second-order valence-corrected chi connectivity index (χ2v) is 8.70. The minimum absolute atomic E-state index is 0.0123. The molecule has 1 saturated heterocycles. The number of thiophene rings is 1. The van der Waals surface area contributed by atoms with Crippen LogP contribution in [-0.4, -0.2) is 45.9 Å². The van der Waals surface area contributed by atoms with Gasteiger partial charge < -0.3 is 9.88 Å². The number of benzene rings is 1. The molecule has 1 aromatic carbocycles. The molecule has 2 aromatic heterocycles. The number of nitrogens with one attached hydrogen (secondary N) is 1. The van der Waals surface area contributed by atoms with E-state index in [9.17, 15) is 4.79 Å². The van der Waals surface area contributed by atoms with Gasteiger partial charge in [0, 0.05) is 43.3 Å². The maximum absolute atomic E-state index is 13.2. The van der Waals surface area contributed by atoms with E-state index in [0.29, 0.717) is 17.1 Å². The van der Waals surface area contributed by atoms with Gasteiger partial charge in [0.15, 0.2) is 0 Å². The topological polar surface area (TPSA) is 39.3 Å². The molecule has 0 spiro atoms. The molecule has 1 fully saturated rings. The molecule has 0 atom stereocenters. The Balaban J connectivity index is 1.55. The average molecular weight is 388 g/mol. The number of aromatic amines is 1. The minimum atomic E-state index is -0.248. The van der Waals surface area contributed by atoms with Crippen molar-refractivity contribution in [3.05, 3.63) is 57.4 Å². The number of H-pyrrole nitrogens is 1. The third kappa shape index (κ3) is 3.27. The smallest absolute Gasteiger partial charge is 0.255 e. The summed E-state index contributed by atoms with van der Waals surface area (Å²) in [6.07, 6.45) is 1.86. The number of carbonyl (C=O) groups excluding carboxylic acids is 1. The van der Waals surface area contributed by atoms with Gasteiger partial charge in [-0.05, 0) is 54.4 Å². The monoisotopic (exact) mass is 387 g/mol. The van der Waals surface area contributed by atoms with Crippen molar-refractivity contribution in [1.29, 1.82) is 0 Å². The average Bonchev–Trinajstić information content (AvgIpc) is 3.24. The SMILES string of the molecule is CC1(C)CN(Cc2ccsc2)CCN1C(=O)c1cc2cc[nH]c2cc1Cl. The van der Waals surface area contributed by atoms with Gasteiger partial charge in [-0.25, -0.2) is 0 Å². The Morgan fingerprint density at radius 3 is 2.88 bits per heavy atom. The molecule has 0 unspecified atom stereocenters. The second kappa shape index (κ2) is 6.72. The zero-order chi connectivity index (χ0) is 18.3. The highest BCUT2D eigenvalue weighted by atomic mass is 35.5. The highest BCUT2D eigenvalue weighted by Crippen LogP contribution is 2.29. The van der Waals surface area contributed by atoms with Crippen LogP contribution in [0, 0.1) is 0 Å². The van der Waals surface area contributed by atoms with E-state index < -0.39 is 0 Å². The standard InChI is InChI=1S/C20H22ClN3OS/c1-20(2)13-23(11-14-4-8-26-12-14)6-7-24(20)19(25)16-9-15-3-5-22-18(15)10-17(16)21/h3-5,8-10,12,22H,6-7,11,13H2,1-2H3. The summed E-state index contributed by atoms with van der Waals surface area (Å²) in [4.78, 5) is 20.8. The molecule has 136 valence electrons. The van der Waals surface area contributed by atoms with Crippen molar-refractivity contribution < 1.29 is 4.79 Å². The van der Waals surface area contributed by atoms with Crippen molar-refractivity contribution in [3.8, 4) is 0 Å². The molecule has 6 heteroatoms. The van der Waals surface area contributed by atoms with E-state index in [1.165, 1.54) is 5.56 Å². The van der Waals surface area contributed by atoms with Crippen molar-refractivity contribution in [3.63, 3.8) is 0 Å². The minimum Gasteiger partial charge on any atom is -0.361 e. The van der Waals surface area contributed by atoms with Gasteiger partial charge in [0.1, 0.15) is 0 Å². The molecule has 0 radical (unpaired) electrons. The first-order valence-electron chi connectivity index (χ1n) is 8.76. The van der Waals surface area contributed by atoms with Crippen LogP contribution in [0.3, 0.4) is 0 Å². The Bertz CT molecular complexity index is 932. The highest BCUT2D eigenvalue weighted by Gasteiger charge is 2.37. The lowest BCUT2D eigenvalue weighted by Gasteiger charge is -2.47. The molecule has 1 aliphatic heterocycles. The molecule has 1 amide bonds. The third-order valence-corrected chi connectivity index (χ3v) is 6.13. The summed E-state index contributed by atoms with van der Waals surface area (Å²) < 4.78 is 0. The van der Waals surface area contributed by atoms with Gasteiger partial charge in [-0.2, -0.15) is 11.3 Å². The Morgan fingerprint density at radius 2 is 2.15 bits per heavy atom. The van der Waals surface area contributed by atoms with Crippen molar-refractivity contribution in [2.24, 2.45) is 0 Å². The number of halogens is 1. The van der Waals surface area contributed by atoms with Crippen molar-refractivity contribution in [2.75, 3.05) is 19.6 Å². The number of hydrogen-bond acceptors (Lipinski definition) is 3. The fourth-order valence-corrected chi connectivity index (χ4v) is 4.70. The summed E-state index contributed by atoms with van der Waals surface area (Å²) in [6, 6.07) is 7.86. The molecule has 26 heavy (non-hydrogen) atoms. The summed E-state index contributed by atoms with van der Waals surface area (Å²) in [5, 5.41) is 5.81. The van der Waals surface area contributed by atoms with E-state index in [4.69, 9.17) is 11.6 Å². The molecular weight excluding hydrogens is 366 g/mol. The van der Waals surface area contributed by atoms with Gasteiger partial charge in [0.25, 0.3) is 5.91 Å². The largest absolute Gasteiger partial charge is 0.361 e. The Kier molecular flexibility index (Phi) is 4.55. The zero-order valence-electron chi connectivity index (χ0n) is 15.0. The normalized spacial score (nSPS) is 17.7. The first kappa shape index (κ1) is 17.6. The van der Waals surface area contributed by atoms with Crippen LogP contribution in [0.4, 0.5) is 0 Å². The number of rotatable bonds is 3. The third-order valence-electron chi connectivity index (χ3n) is 5.08. The van der Waals surface area contributed by atoms with Crippen LogP contribution in [0.2, 0.25) is 5.02 Å². The maximum atomic E-state index is 13.2. The van der Waals surface area contributed by atoms with Gasteiger partial charge in [0.05, 0.1) is 16.1 Å². The fraction of sp³-hybridized carbons (Fsp3) is 0.350. The lowest BCUT2D eigenvalue weighted by Crippen LogP contribution is -2.60. The van der Waals surface area contributed by atoms with Crippen LogP contribution in [0.5, 0.6) is 0 Å². The van der Waals surface area contributed by atoms with Crippen LogP contribution in [0.15, 0.2) is 41.2 Å². The molecule has 0 aliphatic carbocycles. The highest BCUT2D eigenvalue weighted by molar-refractivity contribution is 7.07. The van der Waals surface area contributed by atoms with Gasteiger partial charge in [-0.1, -0.05) is 11.6 Å². The summed E-state index contributed by atoms with van der Waals surface area (Å²) in [7, 11) is 0. The maximum Gasteiger partial charge on any atom is 0.255 e. The summed E-state index contributed by atoms with van der Waals surface area (Å²) in [5.41, 5.74) is 2.62. The quantitative estimate of drug-likeness (QED) is 0.712. The molecule has 4 rings (SSSR count). The van der Waals surface area contributed by atoms with Crippen LogP contribution < -0.4 is 0 Å². The summed E-state index contributed by atoms with van der Waals surface area (Å²) in [5.74, 6) is 0.0123. The van der Waals surface area contributed by atoms with Crippen LogP contribution in [-0.2, 0) is 6.54 Å². The van der Waals surface area contributed by atoms with Crippen molar-refractivity contribution in [2.45, 2.75) is 25.9 Å². The Hall–Kier alpha value is -1.82. The van der Waals surface area contributed by atoms with Crippen molar-refractivity contribution in [1.82, 2.24) is 14.8 Å². The molecule has 1 aliphatic rings. The first-order valence-corrected chi connectivity index (χ1v) is 10.1. The van der Waals surface area contributed by atoms with E-state index in [0.717, 1.165) is 30.5 Å². The zero-order valence-corrected chi connectivity index (χ0v) is 16.5. The van der Waals surface area contributed by atoms with Crippen molar-refractivity contribution >= 4 is 39.7 Å². The number of fused-ring (bicyclic) bond motifs is 1. The van der Waals surface area contributed by atoms with Crippen LogP contribution in [0.1, 0.15) is 29.8 Å². The van der Waals surface area contributed by atoms with E-state index in [-0.39, 0.29) is 11.4 Å². The molecule has 1 N–H and O–H groups in total. The van der Waals surface area contributed by atoms with E-state index in [2.05, 4.69) is 40.6 Å². The predicted octanol–water partition coefficient (Wildman–Crippen LogP) is 4.62. The number of carbonyl (C=O) groups is 1. The molecule has 0 saturated carbocycles. The molecule has 3 aromatic rings. The van der Waals surface area contributed by atoms with Gasteiger partial charge in [-0.15, -0.1) is 0 Å². The Morgan fingerprint density at radius 1 is 1.31 bits per heavy atom. The number of piperazine rings is 1. The fourth-order valence-electron chi connectivity index (χ4n) is 3.79.